The molecule has 3 aliphatic heterocycles. The molecule has 35 heavy (non-hydrogen) atoms. The highest BCUT2D eigenvalue weighted by atomic mass is 32.2. The molecule has 6 N–H and O–H groups in total. The number of urea groups is 1. The van der Waals surface area contributed by atoms with E-state index < -0.39 is 39.6 Å². The number of hydrogen-bond acceptors (Lipinski definition) is 8. The zero-order chi connectivity index (χ0) is 26.0. The molecule has 3 saturated heterocycles. The molecule has 0 aliphatic carbocycles. The number of carboxylic acids is 1. The number of amides is 5. The van der Waals surface area contributed by atoms with E-state index in [1.165, 1.54) is 0 Å². The molecule has 0 saturated carbocycles. The van der Waals surface area contributed by atoms with Gasteiger partial charge in [0.15, 0.2) is 5.25 Å². The van der Waals surface area contributed by atoms with Gasteiger partial charge in [0.25, 0.3) is 10.1 Å². The Morgan fingerprint density at radius 1 is 1.03 bits per heavy atom. The Morgan fingerprint density at radius 3 is 2.34 bits per heavy atom. The SMILES string of the molecule is O=C(O)CCCCCNC(=O)CCCC[C@@H]1SC[C@@H]2NC(=O)N[C@@H]21.O=C1CC(S(=O)(=O)O)C(=O)N1. The first-order valence-corrected chi connectivity index (χ1v) is 14.0. The van der Waals surface area contributed by atoms with Crippen molar-refractivity contribution in [3.05, 3.63) is 0 Å². The van der Waals surface area contributed by atoms with Crippen LogP contribution in [-0.2, 0) is 29.3 Å². The van der Waals surface area contributed by atoms with E-state index in [1.807, 2.05) is 11.8 Å². The lowest BCUT2D eigenvalue weighted by Gasteiger charge is -2.16. The quantitative estimate of drug-likeness (QED) is 0.0835. The molecule has 1 unspecified atom stereocenters. The zero-order valence-corrected chi connectivity index (χ0v) is 20.8. The summed E-state index contributed by atoms with van der Waals surface area (Å²) in [6, 6.07) is 0.442. The summed E-state index contributed by atoms with van der Waals surface area (Å²) in [7, 11) is -4.42. The molecule has 3 rings (SSSR count). The van der Waals surface area contributed by atoms with Crippen LogP contribution in [0.4, 0.5) is 4.79 Å². The third kappa shape index (κ3) is 10.0. The second-order valence-electron chi connectivity index (χ2n) is 8.54. The number of rotatable bonds is 12. The molecule has 3 heterocycles. The summed E-state index contributed by atoms with van der Waals surface area (Å²) < 4.78 is 29.0. The molecule has 15 heteroatoms. The average molecular weight is 537 g/mol. The van der Waals surface area contributed by atoms with Gasteiger partial charge in [-0.2, -0.15) is 20.2 Å². The lowest BCUT2D eigenvalue weighted by molar-refractivity contribution is -0.137. The number of unbranched alkanes of at least 4 members (excludes halogenated alkanes) is 3. The van der Waals surface area contributed by atoms with Gasteiger partial charge in [-0.25, -0.2) is 4.79 Å². The molecule has 0 aromatic rings. The van der Waals surface area contributed by atoms with E-state index in [9.17, 15) is 32.4 Å². The molecule has 3 fully saturated rings. The molecule has 0 aromatic heterocycles. The first-order valence-electron chi connectivity index (χ1n) is 11.4. The van der Waals surface area contributed by atoms with Crippen molar-refractivity contribution < 1.29 is 42.0 Å². The number of thioether (sulfide) groups is 1. The lowest BCUT2D eigenvalue weighted by Crippen LogP contribution is -2.36. The molecule has 0 radical (unpaired) electrons. The van der Waals surface area contributed by atoms with Crippen molar-refractivity contribution in [2.24, 2.45) is 0 Å². The monoisotopic (exact) mass is 536 g/mol. The van der Waals surface area contributed by atoms with Gasteiger partial charge in [-0.05, 0) is 25.7 Å². The zero-order valence-electron chi connectivity index (χ0n) is 19.2. The van der Waals surface area contributed by atoms with Crippen LogP contribution in [0.25, 0.3) is 0 Å². The Balaban J connectivity index is 0.000000328. The summed E-state index contributed by atoms with van der Waals surface area (Å²) in [5.74, 6) is -1.37. The van der Waals surface area contributed by atoms with Gasteiger partial charge in [-0.3, -0.25) is 29.0 Å². The number of fused-ring (bicyclic) bond motifs is 1. The maximum atomic E-state index is 11.7. The number of aliphatic carboxylic acids is 1. The molecule has 198 valence electrons. The van der Waals surface area contributed by atoms with Gasteiger partial charge in [-0.15, -0.1) is 0 Å². The molecular formula is C20H32N4O9S2. The first kappa shape index (κ1) is 28.8. The average Bonchev–Trinajstić information content (AvgIpc) is 3.41. The van der Waals surface area contributed by atoms with Crippen LogP contribution >= 0.6 is 11.8 Å². The van der Waals surface area contributed by atoms with Gasteiger partial charge in [0.1, 0.15) is 0 Å². The van der Waals surface area contributed by atoms with Gasteiger partial charge in [0.2, 0.25) is 17.7 Å². The Bertz CT molecular complexity index is 912. The minimum absolute atomic E-state index is 0.0574. The van der Waals surface area contributed by atoms with Crippen LogP contribution in [0.5, 0.6) is 0 Å². The fraction of sp³-hybridized carbons (Fsp3) is 0.750. The fourth-order valence-corrected chi connectivity index (χ4v) is 6.17. The summed E-state index contributed by atoms with van der Waals surface area (Å²) >= 11 is 1.90. The Labute approximate surface area is 207 Å². The highest BCUT2D eigenvalue weighted by Gasteiger charge is 2.42. The molecule has 0 aromatic carbocycles. The Hall–Kier alpha value is -2.39. The highest BCUT2D eigenvalue weighted by Crippen LogP contribution is 2.33. The molecule has 13 nitrogen and oxygen atoms in total. The van der Waals surface area contributed by atoms with Crippen molar-refractivity contribution in [1.82, 2.24) is 21.3 Å². The number of nitrogens with one attached hydrogen (secondary N) is 4. The van der Waals surface area contributed by atoms with Crippen LogP contribution in [-0.4, -0.2) is 82.7 Å². The number of carboxylic acid groups (broad SMARTS) is 1. The number of hydrogen-bond donors (Lipinski definition) is 6. The van der Waals surface area contributed by atoms with E-state index in [0.717, 1.165) is 37.9 Å². The number of carbonyl (C=O) groups is 5. The standard InChI is InChI=1S/C16H27N3O4S.C4H5NO5S/c20-13(17-9-5-1-2-8-14(21)22)7-4-3-6-12-15-11(10-24-12)18-16(23)19-15;6-3-1-2(4(7)5-3)11(8,9)10/h11-12,15H,1-10H2,(H,17,20)(H,21,22)(H2,18,19,23);2H,1H2,(H,5,6,7)(H,8,9,10)/t11-,12-,15-;/m0./s1. The van der Waals surface area contributed by atoms with Gasteiger partial charge in [0, 0.05) is 30.4 Å². The summed E-state index contributed by atoms with van der Waals surface area (Å²) in [5, 5.41) is 17.9. The van der Waals surface area contributed by atoms with E-state index >= 15 is 0 Å². The van der Waals surface area contributed by atoms with Crippen molar-refractivity contribution in [3.63, 3.8) is 0 Å². The molecule has 0 spiro atoms. The van der Waals surface area contributed by atoms with Crippen LogP contribution < -0.4 is 21.3 Å². The van der Waals surface area contributed by atoms with Crippen molar-refractivity contribution in [1.29, 1.82) is 0 Å². The minimum atomic E-state index is -4.42. The minimum Gasteiger partial charge on any atom is -0.481 e. The summed E-state index contributed by atoms with van der Waals surface area (Å²) in [6.07, 6.45) is 5.44. The first-order chi connectivity index (χ1) is 16.5. The molecule has 3 aliphatic rings. The van der Waals surface area contributed by atoms with Gasteiger partial charge in [0.05, 0.1) is 18.5 Å². The van der Waals surface area contributed by atoms with Gasteiger partial charge in [-0.1, -0.05) is 12.8 Å². The summed E-state index contributed by atoms with van der Waals surface area (Å²) in [6.45, 7) is 0.623. The largest absolute Gasteiger partial charge is 0.481 e. The van der Waals surface area contributed by atoms with E-state index in [2.05, 4.69) is 16.0 Å². The number of imide groups is 1. The fourth-order valence-electron chi connectivity index (χ4n) is 3.94. The van der Waals surface area contributed by atoms with Crippen LogP contribution in [0.15, 0.2) is 0 Å². The second-order valence-corrected chi connectivity index (χ2v) is 11.4. The van der Waals surface area contributed by atoms with E-state index in [1.54, 1.807) is 5.32 Å². The number of carbonyl (C=O) groups excluding carboxylic acids is 4. The third-order valence-electron chi connectivity index (χ3n) is 5.76. The summed E-state index contributed by atoms with van der Waals surface area (Å²) in [5.41, 5.74) is 0. The molecule has 5 amide bonds. The molecule has 0 bridgehead atoms. The predicted octanol–water partition coefficient (Wildman–Crippen LogP) is -0.237. The van der Waals surface area contributed by atoms with Crippen LogP contribution in [0.1, 0.15) is 57.8 Å². The Kier molecular flexibility index (Phi) is 11.2. The van der Waals surface area contributed by atoms with E-state index in [-0.39, 0.29) is 30.4 Å². The summed E-state index contributed by atoms with van der Waals surface area (Å²) in [4.78, 5) is 54.4. The van der Waals surface area contributed by atoms with Crippen molar-refractivity contribution in [3.8, 4) is 0 Å². The van der Waals surface area contributed by atoms with Crippen molar-refractivity contribution in [2.45, 2.75) is 80.4 Å². The second kappa shape index (κ2) is 13.6. The third-order valence-corrected chi connectivity index (χ3v) is 8.36. The van der Waals surface area contributed by atoms with Gasteiger partial charge < -0.3 is 21.1 Å². The molecule has 4 atom stereocenters. The smallest absolute Gasteiger partial charge is 0.315 e. The highest BCUT2D eigenvalue weighted by molar-refractivity contribution is 8.00. The maximum absolute atomic E-state index is 11.7. The topological polar surface area (TPSA) is 208 Å². The van der Waals surface area contributed by atoms with Crippen molar-refractivity contribution >= 4 is 51.6 Å². The van der Waals surface area contributed by atoms with Gasteiger partial charge >= 0.3 is 12.0 Å². The predicted molar refractivity (Wildman–Crippen MR) is 126 cm³/mol. The molecular weight excluding hydrogens is 504 g/mol. The van der Waals surface area contributed by atoms with E-state index in [4.69, 9.17) is 9.66 Å². The lowest BCUT2D eigenvalue weighted by atomic mass is 10.0. The van der Waals surface area contributed by atoms with Crippen LogP contribution in [0.3, 0.4) is 0 Å². The normalized spacial score (nSPS) is 25.1. The van der Waals surface area contributed by atoms with Crippen molar-refractivity contribution in [2.75, 3.05) is 12.3 Å². The van der Waals surface area contributed by atoms with Crippen LogP contribution in [0, 0.1) is 0 Å². The Morgan fingerprint density at radius 2 is 1.74 bits per heavy atom. The van der Waals surface area contributed by atoms with Crippen LogP contribution in [0.2, 0.25) is 0 Å². The maximum Gasteiger partial charge on any atom is 0.315 e. The van der Waals surface area contributed by atoms with E-state index in [0.29, 0.717) is 24.6 Å².